The molecule has 1 aromatic carbocycles. The van der Waals surface area contributed by atoms with Crippen molar-refractivity contribution < 1.29 is 0 Å². The lowest BCUT2D eigenvalue weighted by atomic mass is 9.91. The van der Waals surface area contributed by atoms with Gasteiger partial charge in [0.05, 0.1) is 5.69 Å². The van der Waals surface area contributed by atoms with Crippen LogP contribution in [0.4, 0.5) is 0 Å². The van der Waals surface area contributed by atoms with Crippen molar-refractivity contribution in [1.82, 2.24) is 10.3 Å². The Bertz CT molecular complexity index is 577. The van der Waals surface area contributed by atoms with Crippen LogP contribution < -0.4 is 5.32 Å². The molecule has 1 N–H and O–H groups in total. The summed E-state index contributed by atoms with van der Waals surface area (Å²) in [6, 6.07) is 11.2. The van der Waals surface area contributed by atoms with Crippen LogP contribution in [0.25, 0.3) is 10.6 Å². The molecule has 0 spiro atoms. The fourth-order valence-corrected chi connectivity index (χ4v) is 3.51. The zero-order chi connectivity index (χ0) is 14.2. The van der Waals surface area contributed by atoms with E-state index in [1.54, 1.807) is 0 Å². The maximum atomic E-state index is 4.93. The van der Waals surface area contributed by atoms with Gasteiger partial charge in [-0.05, 0) is 12.8 Å². The Morgan fingerprint density at radius 3 is 2.50 bits per heavy atom. The normalized spacial score (nSPS) is 15.6. The minimum atomic E-state index is 0.101. The summed E-state index contributed by atoms with van der Waals surface area (Å²) < 4.78 is 0. The van der Waals surface area contributed by atoms with E-state index in [1.807, 2.05) is 11.3 Å². The maximum absolute atomic E-state index is 4.93. The number of hydrogen-bond donors (Lipinski definition) is 1. The van der Waals surface area contributed by atoms with Crippen molar-refractivity contribution in [2.24, 2.45) is 0 Å². The molecule has 0 amide bonds. The Balaban J connectivity index is 1.92. The number of thiazole rings is 1. The smallest absolute Gasteiger partial charge is 0.123 e. The molecule has 1 heterocycles. The van der Waals surface area contributed by atoms with E-state index < -0.39 is 0 Å². The van der Waals surface area contributed by atoms with Crippen LogP contribution in [-0.2, 0) is 12.0 Å². The summed E-state index contributed by atoms with van der Waals surface area (Å²) in [5.41, 5.74) is 2.57. The second-order valence-electron chi connectivity index (χ2n) is 6.56. The van der Waals surface area contributed by atoms with E-state index in [4.69, 9.17) is 4.98 Å². The molecule has 0 radical (unpaired) electrons. The summed E-state index contributed by atoms with van der Waals surface area (Å²) in [7, 11) is 0. The SMILES string of the molecule is CC(C)(C)c1nc(-c2ccccc2)sc1CNC1CC1. The third-order valence-corrected chi connectivity index (χ3v) is 4.66. The predicted octanol–water partition coefficient (Wildman–Crippen LogP) is 4.36. The molecule has 1 aliphatic carbocycles. The van der Waals surface area contributed by atoms with Gasteiger partial charge in [-0.3, -0.25) is 0 Å². The van der Waals surface area contributed by atoms with E-state index in [0.29, 0.717) is 0 Å². The first-order valence-electron chi connectivity index (χ1n) is 7.33. The lowest BCUT2D eigenvalue weighted by Crippen LogP contribution is -2.19. The average Bonchev–Trinajstić information content (AvgIpc) is 3.14. The highest BCUT2D eigenvalue weighted by molar-refractivity contribution is 7.15. The highest BCUT2D eigenvalue weighted by Gasteiger charge is 2.26. The Kier molecular flexibility index (Phi) is 3.65. The fourth-order valence-electron chi connectivity index (χ4n) is 2.29. The third-order valence-electron chi connectivity index (χ3n) is 3.56. The molecule has 1 aromatic heterocycles. The van der Waals surface area contributed by atoms with Crippen molar-refractivity contribution in [1.29, 1.82) is 0 Å². The van der Waals surface area contributed by atoms with Gasteiger partial charge < -0.3 is 5.32 Å². The monoisotopic (exact) mass is 286 g/mol. The number of nitrogens with zero attached hydrogens (tertiary/aromatic N) is 1. The van der Waals surface area contributed by atoms with E-state index in [2.05, 4.69) is 56.4 Å². The van der Waals surface area contributed by atoms with Crippen LogP contribution in [0.1, 0.15) is 44.2 Å². The first-order chi connectivity index (χ1) is 9.54. The molecule has 2 nitrogen and oxygen atoms in total. The zero-order valence-electron chi connectivity index (χ0n) is 12.4. The number of rotatable bonds is 4. The second kappa shape index (κ2) is 5.30. The van der Waals surface area contributed by atoms with Crippen molar-refractivity contribution in [2.75, 3.05) is 0 Å². The van der Waals surface area contributed by atoms with Crippen LogP contribution in [-0.4, -0.2) is 11.0 Å². The summed E-state index contributed by atoms with van der Waals surface area (Å²) in [6.45, 7) is 7.70. The maximum Gasteiger partial charge on any atom is 0.123 e. The van der Waals surface area contributed by atoms with E-state index in [-0.39, 0.29) is 5.41 Å². The van der Waals surface area contributed by atoms with Gasteiger partial charge in [0.2, 0.25) is 0 Å². The van der Waals surface area contributed by atoms with Gasteiger partial charge in [-0.25, -0.2) is 4.98 Å². The van der Waals surface area contributed by atoms with Crippen molar-refractivity contribution in [3.8, 4) is 10.6 Å². The molecule has 2 aromatic rings. The van der Waals surface area contributed by atoms with Crippen LogP contribution in [0.3, 0.4) is 0 Å². The number of aromatic nitrogens is 1. The van der Waals surface area contributed by atoms with Gasteiger partial charge in [-0.15, -0.1) is 11.3 Å². The molecule has 106 valence electrons. The largest absolute Gasteiger partial charge is 0.309 e. The van der Waals surface area contributed by atoms with Crippen molar-refractivity contribution in [2.45, 2.75) is 51.6 Å². The van der Waals surface area contributed by atoms with Gasteiger partial charge in [0.1, 0.15) is 5.01 Å². The van der Waals surface area contributed by atoms with Crippen LogP contribution in [0.5, 0.6) is 0 Å². The van der Waals surface area contributed by atoms with Crippen molar-refractivity contribution >= 4 is 11.3 Å². The molecule has 1 saturated carbocycles. The third kappa shape index (κ3) is 3.10. The quantitative estimate of drug-likeness (QED) is 0.903. The highest BCUT2D eigenvalue weighted by Crippen LogP contribution is 2.34. The number of hydrogen-bond acceptors (Lipinski definition) is 3. The highest BCUT2D eigenvalue weighted by atomic mass is 32.1. The molecule has 0 aliphatic heterocycles. The van der Waals surface area contributed by atoms with Crippen LogP contribution in [0.2, 0.25) is 0 Å². The minimum absolute atomic E-state index is 0.101. The lowest BCUT2D eigenvalue weighted by Gasteiger charge is -2.17. The Morgan fingerprint density at radius 2 is 1.90 bits per heavy atom. The summed E-state index contributed by atoms with van der Waals surface area (Å²) in [6.07, 6.45) is 2.66. The summed E-state index contributed by atoms with van der Waals surface area (Å²) in [5.74, 6) is 0. The van der Waals surface area contributed by atoms with E-state index in [1.165, 1.54) is 29.0 Å². The standard InChI is InChI=1S/C17H22N2S/c1-17(2,3)15-14(11-18-13-9-10-13)20-16(19-15)12-7-5-4-6-8-12/h4-8,13,18H,9-11H2,1-3H3. The Labute approximate surface area is 125 Å². The predicted molar refractivity (Wildman–Crippen MR) is 86.1 cm³/mol. The van der Waals surface area contributed by atoms with Gasteiger partial charge in [-0.1, -0.05) is 51.1 Å². The molecule has 3 rings (SSSR count). The van der Waals surface area contributed by atoms with Gasteiger partial charge >= 0.3 is 0 Å². The molecule has 1 aliphatic rings. The minimum Gasteiger partial charge on any atom is -0.309 e. The molecular formula is C17H22N2S. The first-order valence-corrected chi connectivity index (χ1v) is 8.14. The number of nitrogens with one attached hydrogen (secondary N) is 1. The van der Waals surface area contributed by atoms with Crippen molar-refractivity contribution in [3.63, 3.8) is 0 Å². The zero-order valence-corrected chi connectivity index (χ0v) is 13.3. The molecule has 0 unspecified atom stereocenters. The van der Waals surface area contributed by atoms with E-state index >= 15 is 0 Å². The fraction of sp³-hybridized carbons (Fsp3) is 0.471. The lowest BCUT2D eigenvalue weighted by molar-refractivity contribution is 0.559. The Morgan fingerprint density at radius 1 is 1.20 bits per heavy atom. The second-order valence-corrected chi connectivity index (χ2v) is 7.65. The van der Waals surface area contributed by atoms with E-state index in [0.717, 1.165) is 17.6 Å². The van der Waals surface area contributed by atoms with Crippen LogP contribution >= 0.6 is 11.3 Å². The molecule has 0 saturated heterocycles. The van der Waals surface area contributed by atoms with Crippen LogP contribution in [0.15, 0.2) is 30.3 Å². The molecule has 3 heteroatoms. The van der Waals surface area contributed by atoms with Crippen molar-refractivity contribution in [3.05, 3.63) is 40.9 Å². The molecule has 1 fully saturated rings. The molecule has 0 bridgehead atoms. The summed E-state index contributed by atoms with van der Waals surface area (Å²) in [4.78, 5) is 6.32. The van der Waals surface area contributed by atoms with Gasteiger partial charge in [0.25, 0.3) is 0 Å². The van der Waals surface area contributed by atoms with E-state index in [9.17, 15) is 0 Å². The van der Waals surface area contributed by atoms with Gasteiger partial charge in [0, 0.05) is 28.4 Å². The summed E-state index contributed by atoms with van der Waals surface area (Å²) >= 11 is 1.84. The van der Waals surface area contributed by atoms with Gasteiger partial charge in [0.15, 0.2) is 0 Å². The van der Waals surface area contributed by atoms with Crippen LogP contribution in [0, 0.1) is 0 Å². The number of benzene rings is 1. The summed E-state index contributed by atoms with van der Waals surface area (Å²) in [5, 5.41) is 4.76. The molecule has 0 atom stereocenters. The first kappa shape index (κ1) is 13.8. The topological polar surface area (TPSA) is 24.9 Å². The molecular weight excluding hydrogens is 264 g/mol. The van der Waals surface area contributed by atoms with Gasteiger partial charge in [-0.2, -0.15) is 0 Å². The molecule has 20 heavy (non-hydrogen) atoms. The average molecular weight is 286 g/mol. The Hall–Kier alpha value is -1.19.